The number of nitrogens with zero attached hydrogens (tertiary/aromatic N) is 1. The monoisotopic (exact) mass is 253 g/mol. The summed E-state index contributed by atoms with van der Waals surface area (Å²) in [5, 5.41) is 11.4. The summed E-state index contributed by atoms with van der Waals surface area (Å²) in [7, 11) is 0. The van der Waals surface area contributed by atoms with E-state index in [4.69, 9.17) is 5.11 Å². The van der Waals surface area contributed by atoms with Crippen molar-refractivity contribution in [3.63, 3.8) is 0 Å². The van der Waals surface area contributed by atoms with Crippen molar-refractivity contribution in [2.75, 3.05) is 4.90 Å². The molecule has 0 atom stereocenters. The molecule has 0 saturated heterocycles. The topological polar surface area (TPSA) is 57.6 Å². The Morgan fingerprint density at radius 2 is 2.06 bits per heavy atom. The molecule has 17 heavy (non-hydrogen) atoms. The van der Waals surface area contributed by atoms with Gasteiger partial charge in [-0.25, -0.2) is 4.79 Å². The summed E-state index contributed by atoms with van der Waals surface area (Å²) in [5.74, 6) is -1.03. The van der Waals surface area contributed by atoms with E-state index >= 15 is 0 Å². The van der Waals surface area contributed by atoms with E-state index in [9.17, 15) is 9.59 Å². The lowest BCUT2D eigenvalue weighted by molar-refractivity contribution is -0.117. The first-order valence-corrected chi connectivity index (χ1v) is 6.60. The first-order valence-electron chi connectivity index (χ1n) is 5.72. The Kier molecular flexibility index (Phi) is 3.47. The minimum atomic E-state index is -0.967. The average molecular weight is 253 g/mol. The van der Waals surface area contributed by atoms with Crippen LogP contribution < -0.4 is 4.90 Å². The Balaban J connectivity index is 2.35. The zero-order chi connectivity index (χ0) is 12.4. The standard InChI is InChI=1S/C12H15NO3S/c1-8(14)13(9-4-2-3-5-9)11-10(12(15)16)6-7-17-11/h6-7,9H,2-5H2,1H3,(H,15,16). The number of carboxylic acids is 1. The van der Waals surface area contributed by atoms with Crippen LogP contribution in [-0.2, 0) is 4.79 Å². The number of hydrogen-bond acceptors (Lipinski definition) is 3. The van der Waals surface area contributed by atoms with Gasteiger partial charge < -0.3 is 10.0 Å². The SMILES string of the molecule is CC(=O)N(c1sccc1C(=O)O)C1CCCC1. The fourth-order valence-corrected chi connectivity index (χ4v) is 3.39. The highest BCUT2D eigenvalue weighted by Crippen LogP contribution is 2.34. The molecule has 0 spiro atoms. The van der Waals surface area contributed by atoms with Crippen molar-refractivity contribution < 1.29 is 14.7 Å². The van der Waals surface area contributed by atoms with E-state index in [2.05, 4.69) is 0 Å². The van der Waals surface area contributed by atoms with Crippen molar-refractivity contribution in [3.05, 3.63) is 17.0 Å². The van der Waals surface area contributed by atoms with Gasteiger partial charge in [-0.15, -0.1) is 11.3 Å². The number of carbonyl (C=O) groups excluding carboxylic acids is 1. The Hall–Kier alpha value is -1.36. The first kappa shape index (κ1) is 12.1. The van der Waals surface area contributed by atoms with Crippen LogP contribution in [0.3, 0.4) is 0 Å². The number of amides is 1. The highest BCUT2D eigenvalue weighted by molar-refractivity contribution is 7.14. The molecule has 1 aliphatic rings. The van der Waals surface area contributed by atoms with E-state index in [0.29, 0.717) is 5.00 Å². The second kappa shape index (κ2) is 4.87. The van der Waals surface area contributed by atoms with Gasteiger partial charge in [-0.1, -0.05) is 12.8 Å². The van der Waals surface area contributed by atoms with E-state index in [1.54, 1.807) is 16.3 Å². The van der Waals surface area contributed by atoms with Crippen LogP contribution in [0.15, 0.2) is 11.4 Å². The summed E-state index contributed by atoms with van der Waals surface area (Å²) in [6.45, 7) is 1.50. The highest BCUT2D eigenvalue weighted by Gasteiger charge is 2.29. The van der Waals surface area contributed by atoms with E-state index in [1.807, 2.05) is 0 Å². The van der Waals surface area contributed by atoms with Crippen molar-refractivity contribution in [1.82, 2.24) is 0 Å². The molecule has 5 heteroatoms. The minimum Gasteiger partial charge on any atom is -0.478 e. The van der Waals surface area contributed by atoms with E-state index in [1.165, 1.54) is 18.3 Å². The maximum Gasteiger partial charge on any atom is 0.338 e. The number of carbonyl (C=O) groups is 2. The second-order valence-electron chi connectivity index (χ2n) is 4.27. The van der Waals surface area contributed by atoms with Gasteiger partial charge in [-0.2, -0.15) is 0 Å². The first-order chi connectivity index (χ1) is 8.11. The van der Waals surface area contributed by atoms with Crippen LogP contribution in [0.5, 0.6) is 0 Å². The Labute approximate surface area is 104 Å². The molecule has 1 fully saturated rings. The van der Waals surface area contributed by atoms with Crippen LogP contribution in [0, 0.1) is 0 Å². The zero-order valence-corrected chi connectivity index (χ0v) is 10.5. The lowest BCUT2D eigenvalue weighted by Crippen LogP contribution is -2.37. The van der Waals surface area contributed by atoms with E-state index in [0.717, 1.165) is 25.7 Å². The second-order valence-corrected chi connectivity index (χ2v) is 5.17. The van der Waals surface area contributed by atoms with Gasteiger partial charge in [0.15, 0.2) is 0 Å². The summed E-state index contributed by atoms with van der Waals surface area (Å²) in [6, 6.07) is 1.73. The van der Waals surface area contributed by atoms with Gasteiger partial charge in [-0.3, -0.25) is 4.79 Å². The molecule has 1 aromatic rings. The van der Waals surface area contributed by atoms with Gasteiger partial charge in [0, 0.05) is 13.0 Å². The smallest absolute Gasteiger partial charge is 0.338 e. The van der Waals surface area contributed by atoms with Gasteiger partial charge in [0.25, 0.3) is 0 Å². The molecule has 1 aliphatic carbocycles. The third-order valence-electron chi connectivity index (χ3n) is 3.12. The predicted octanol–water partition coefficient (Wildman–Crippen LogP) is 2.74. The van der Waals surface area contributed by atoms with Gasteiger partial charge in [-0.05, 0) is 24.3 Å². The van der Waals surface area contributed by atoms with Gasteiger partial charge in [0.2, 0.25) is 5.91 Å². The van der Waals surface area contributed by atoms with Crippen molar-refractivity contribution in [2.24, 2.45) is 0 Å². The molecule has 92 valence electrons. The lowest BCUT2D eigenvalue weighted by Gasteiger charge is -2.27. The quantitative estimate of drug-likeness (QED) is 0.901. The molecule has 1 N–H and O–H groups in total. The number of carboxylic acid groups (broad SMARTS) is 1. The van der Waals surface area contributed by atoms with Gasteiger partial charge in [0.1, 0.15) is 5.00 Å². The van der Waals surface area contributed by atoms with Crippen LogP contribution in [0.2, 0.25) is 0 Å². The molecular weight excluding hydrogens is 238 g/mol. The molecule has 0 aliphatic heterocycles. The molecular formula is C12H15NO3S. The molecule has 1 aromatic heterocycles. The van der Waals surface area contributed by atoms with Crippen molar-refractivity contribution in [1.29, 1.82) is 0 Å². The molecule has 1 amide bonds. The molecule has 1 heterocycles. The summed E-state index contributed by atoms with van der Waals surface area (Å²) >= 11 is 1.33. The highest BCUT2D eigenvalue weighted by atomic mass is 32.1. The molecule has 0 unspecified atom stereocenters. The molecule has 0 radical (unpaired) electrons. The van der Waals surface area contributed by atoms with Crippen LogP contribution in [0.1, 0.15) is 43.0 Å². The third-order valence-corrected chi connectivity index (χ3v) is 4.04. The maximum atomic E-state index is 11.7. The van der Waals surface area contributed by atoms with Crippen LogP contribution >= 0.6 is 11.3 Å². The van der Waals surface area contributed by atoms with Gasteiger partial charge in [0.05, 0.1) is 5.56 Å². The largest absolute Gasteiger partial charge is 0.478 e. The van der Waals surface area contributed by atoms with Crippen LogP contribution in [-0.4, -0.2) is 23.0 Å². The molecule has 2 rings (SSSR count). The van der Waals surface area contributed by atoms with Crippen molar-refractivity contribution in [3.8, 4) is 0 Å². The Morgan fingerprint density at radius 3 is 2.59 bits per heavy atom. The average Bonchev–Trinajstić information content (AvgIpc) is 2.87. The summed E-state index contributed by atoms with van der Waals surface area (Å²) in [5.41, 5.74) is 0.233. The Morgan fingerprint density at radius 1 is 1.41 bits per heavy atom. The fourth-order valence-electron chi connectivity index (χ4n) is 2.38. The number of rotatable bonds is 3. The third kappa shape index (κ3) is 2.34. The summed E-state index contributed by atoms with van der Waals surface area (Å²) in [6.07, 6.45) is 4.16. The fraction of sp³-hybridized carbons (Fsp3) is 0.500. The van der Waals surface area contributed by atoms with Crippen LogP contribution in [0.25, 0.3) is 0 Å². The van der Waals surface area contributed by atoms with E-state index < -0.39 is 5.97 Å². The van der Waals surface area contributed by atoms with Gasteiger partial charge >= 0.3 is 5.97 Å². The maximum absolute atomic E-state index is 11.7. The number of thiophene rings is 1. The minimum absolute atomic E-state index is 0.0677. The molecule has 4 nitrogen and oxygen atoms in total. The predicted molar refractivity (Wildman–Crippen MR) is 66.7 cm³/mol. The lowest BCUT2D eigenvalue weighted by atomic mass is 10.2. The van der Waals surface area contributed by atoms with E-state index in [-0.39, 0.29) is 17.5 Å². The normalized spacial score (nSPS) is 16.1. The Bertz CT molecular complexity index is 435. The summed E-state index contributed by atoms with van der Waals surface area (Å²) in [4.78, 5) is 24.5. The van der Waals surface area contributed by atoms with Crippen LogP contribution in [0.4, 0.5) is 5.00 Å². The van der Waals surface area contributed by atoms with Crippen molar-refractivity contribution >= 4 is 28.2 Å². The molecule has 0 aromatic carbocycles. The summed E-state index contributed by atoms with van der Waals surface area (Å²) < 4.78 is 0. The number of anilines is 1. The van der Waals surface area contributed by atoms with Crippen molar-refractivity contribution in [2.45, 2.75) is 38.6 Å². The number of hydrogen-bond donors (Lipinski definition) is 1. The molecule has 0 bridgehead atoms. The molecule has 1 saturated carbocycles. The zero-order valence-electron chi connectivity index (χ0n) is 9.68. The number of aromatic carboxylic acids is 1.